The lowest BCUT2D eigenvalue weighted by molar-refractivity contribution is 0.0755. The number of benzene rings is 2. The Morgan fingerprint density at radius 2 is 1.56 bits per heavy atom. The lowest BCUT2D eigenvalue weighted by atomic mass is 10.1. The SMILES string of the molecule is CCCN(CCC)C(=O)c1ccc(NC(=O)c2ccccc2O)cc1. The molecule has 2 aromatic rings. The van der Waals surface area contributed by atoms with Crippen molar-refractivity contribution in [2.75, 3.05) is 18.4 Å². The first-order valence-corrected chi connectivity index (χ1v) is 8.55. The second kappa shape index (κ2) is 8.87. The fraction of sp³-hybridized carbons (Fsp3) is 0.300. The number of carbonyl (C=O) groups is 2. The van der Waals surface area contributed by atoms with Crippen LogP contribution in [0.1, 0.15) is 47.4 Å². The van der Waals surface area contributed by atoms with E-state index in [9.17, 15) is 14.7 Å². The van der Waals surface area contributed by atoms with Crippen LogP contribution < -0.4 is 5.32 Å². The number of anilines is 1. The van der Waals surface area contributed by atoms with E-state index in [-0.39, 0.29) is 17.2 Å². The molecule has 0 aromatic heterocycles. The highest BCUT2D eigenvalue weighted by molar-refractivity contribution is 6.06. The zero-order valence-electron chi connectivity index (χ0n) is 14.7. The van der Waals surface area contributed by atoms with E-state index >= 15 is 0 Å². The van der Waals surface area contributed by atoms with Gasteiger partial charge in [0, 0.05) is 24.3 Å². The van der Waals surface area contributed by atoms with Crippen LogP contribution in [0.15, 0.2) is 48.5 Å². The van der Waals surface area contributed by atoms with Crippen molar-refractivity contribution >= 4 is 17.5 Å². The minimum absolute atomic E-state index is 0.00211. The zero-order valence-corrected chi connectivity index (χ0v) is 14.7. The quantitative estimate of drug-likeness (QED) is 0.803. The summed E-state index contributed by atoms with van der Waals surface area (Å²) in [6, 6.07) is 13.2. The minimum Gasteiger partial charge on any atom is -0.507 e. The monoisotopic (exact) mass is 340 g/mol. The smallest absolute Gasteiger partial charge is 0.259 e. The number of nitrogens with one attached hydrogen (secondary N) is 1. The molecule has 2 aromatic carbocycles. The lowest BCUT2D eigenvalue weighted by Gasteiger charge is -2.21. The van der Waals surface area contributed by atoms with Gasteiger partial charge in [-0.1, -0.05) is 26.0 Å². The van der Waals surface area contributed by atoms with Gasteiger partial charge < -0.3 is 15.3 Å². The van der Waals surface area contributed by atoms with Crippen LogP contribution in [0.3, 0.4) is 0 Å². The Morgan fingerprint density at radius 3 is 2.12 bits per heavy atom. The molecule has 2 N–H and O–H groups in total. The van der Waals surface area contributed by atoms with Gasteiger partial charge >= 0.3 is 0 Å². The Hall–Kier alpha value is -2.82. The molecule has 0 heterocycles. The van der Waals surface area contributed by atoms with Gasteiger partial charge in [-0.15, -0.1) is 0 Å². The number of hydrogen-bond donors (Lipinski definition) is 2. The number of phenols is 1. The highest BCUT2D eigenvalue weighted by atomic mass is 16.3. The fourth-order valence-electron chi connectivity index (χ4n) is 2.60. The Bertz CT molecular complexity index is 720. The molecule has 0 aliphatic carbocycles. The van der Waals surface area contributed by atoms with Gasteiger partial charge in [0.2, 0.25) is 0 Å². The van der Waals surface area contributed by atoms with Crippen molar-refractivity contribution in [1.29, 1.82) is 0 Å². The highest BCUT2D eigenvalue weighted by Crippen LogP contribution is 2.18. The van der Waals surface area contributed by atoms with Crippen LogP contribution in [0.5, 0.6) is 5.75 Å². The van der Waals surface area contributed by atoms with Crippen LogP contribution in [0.2, 0.25) is 0 Å². The van der Waals surface area contributed by atoms with Crippen LogP contribution >= 0.6 is 0 Å². The molecule has 0 saturated heterocycles. The summed E-state index contributed by atoms with van der Waals surface area (Å²) in [5.74, 6) is -0.459. The number of phenolic OH excluding ortho intramolecular Hbond substituents is 1. The first kappa shape index (κ1) is 18.5. The average molecular weight is 340 g/mol. The van der Waals surface area contributed by atoms with Crippen LogP contribution in [0.4, 0.5) is 5.69 Å². The van der Waals surface area contributed by atoms with E-state index in [1.807, 2.05) is 18.7 Å². The van der Waals surface area contributed by atoms with Crippen LogP contribution in [-0.4, -0.2) is 34.9 Å². The molecule has 5 heteroatoms. The van der Waals surface area contributed by atoms with Crippen LogP contribution in [0, 0.1) is 0 Å². The molecule has 0 saturated carbocycles. The van der Waals surface area contributed by atoms with Gasteiger partial charge in [0.25, 0.3) is 11.8 Å². The highest BCUT2D eigenvalue weighted by Gasteiger charge is 2.15. The van der Waals surface area contributed by atoms with E-state index in [0.717, 1.165) is 25.9 Å². The summed E-state index contributed by atoms with van der Waals surface area (Å²) in [7, 11) is 0. The van der Waals surface area contributed by atoms with E-state index in [1.165, 1.54) is 6.07 Å². The first-order chi connectivity index (χ1) is 12.1. The molecule has 132 valence electrons. The number of carbonyl (C=O) groups excluding carboxylic acids is 2. The standard InChI is InChI=1S/C20H24N2O3/c1-3-13-22(14-4-2)20(25)15-9-11-16(12-10-15)21-19(24)17-7-5-6-8-18(17)23/h5-12,23H,3-4,13-14H2,1-2H3,(H,21,24). The fourth-order valence-corrected chi connectivity index (χ4v) is 2.60. The van der Waals surface area contributed by atoms with Gasteiger partial charge in [0.05, 0.1) is 5.56 Å². The molecule has 0 aliphatic rings. The second-order valence-electron chi connectivity index (χ2n) is 5.84. The minimum atomic E-state index is -0.393. The number of nitrogens with zero attached hydrogens (tertiary/aromatic N) is 1. The van der Waals surface area contributed by atoms with Crippen LogP contribution in [-0.2, 0) is 0 Å². The lowest BCUT2D eigenvalue weighted by Crippen LogP contribution is -2.32. The normalized spacial score (nSPS) is 10.3. The number of hydrogen-bond acceptors (Lipinski definition) is 3. The molecule has 2 rings (SSSR count). The van der Waals surface area contributed by atoms with Crippen molar-refractivity contribution in [2.24, 2.45) is 0 Å². The van der Waals surface area contributed by atoms with E-state index < -0.39 is 5.91 Å². The third kappa shape index (κ3) is 4.83. The molecular weight excluding hydrogens is 316 g/mol. The van der Waals surface area contributed by atoms with Gasteiger partial charge in [-0.3, -0.25) is 9.59 Å². The van der Waals surface area contributed by atoms with Gasteiger partial charge in [-0.2, -0.15) is 0 Å². The topological polar surface area (TPSA) is 69.6 Å². The van der Waals surface area contributed by atoms with Crippen molar-refractivity contribution in [1.82, 2.24) is 4.90 Å². The summed E-state index contributed by atoms with van der Waals surface area (Å²) < 4.78 is 0. The molecule has 0 radical (unpaired) electrons. The summed E-state index contributed by atoms with van der Waals surface area (Å²) in [4.78, 5) is 26.6. The molecule has 0 spiro atoms. The van der Waals surface area contributed by atoms with Gasteiger partial charge in [-0.25, -0.2) is 0 Å². The maximum atomic E-state index is 12.5. The third-order valence-electron chi connectivity index (χ3n) is 3.81. The number of amides is 2. The largest absolute Gasteiger partial charge is 0.507 e. The molecule has 0 fully saturated rings. The molecule has 25 heavy (non-hydrogen) atoms. The third-order valence-corrected chi connectivity index (χ3v) is 3.81. The first-order valence-electron chi connectivity index (χ1n) is 8.55. The predicted octanol–water partition coefficient (Wildman–Crippen LogP) is 3.91. The molecule has 0 bridgehead atoms. The summed E-state index contributed by atoms with van der Waals surface area (Å²) in [6.45, 7) is 5.57. The maximum absolute atomic E-state index is 12.5. The Morgan fingerprint density at radius 1 is 0.960 bits per heavy atom. The maximum Gasteiger partial charge on any atom is 0.259 e. The Kier molecular flexibility index (Phi) is 6.57. The van der Waals surface area contributed by atoms with Crippen molar-refractivity contribution < 1.29 is 14.7 Å². The van der Waals surface area contributed by atoms with Crippen molar-refractivity contribution in [3.05, 3.63) is 59.7 Å². The van der Waals surface area contributed by atoms with Crippen molar-refractivity contribution in [3.63, 3.8) is 0 Å². The van der Waals surface area contributed by atoms with Crippen molar-refractivity contribution in [3.8, 4) is 5.75 Å². The number of para-hydroxylation sites is 1. The van der Waals surface area contributed by atoms with Crippen molar-refractivity contribution in [2.45, 2.75) is 26.7 Å². The molecule has 5 nitrogen and oxygen atoms in total. The van der Waals surface area contributed by atoms with E-state index in [4.69, 9.17) is 0 Å². The summed E-state index contributed by atoms with van der Waals surface area (Å²) in [5.41, 5.74) is 1.38. The number of rotatable bonds is 7. The Balaban J connectivity index is 2.08. The molecule has 0 atom stereocenters. The molecular formula is C20H24N2O3. The molecule has 0 unspecified atom stereocenters. The van der Waals surface area contributed by atoms with Gasteiger partial charge in [-0.05, 0) is 49.2 Å². The predicted molar refractivity (Wildman–Crippen MR) is 99.0 cm³/mol. The van der Waals surface area contributed by atoms with Crippen LogP contribution in [0.25, 0.3) is 0 Å². The van der Waals surface area contributed by atoms with Gasteiger partial charge in [0.1, 0.15) is 5.75 Å². The average Bonchev–Trinajstić information content (AvgIpc) is 2.62. The Labute approximate surface area is 148 Å². The zero-order chi connectivity index (χ0) is 18.2. The second-order valence-corrected chi connectivity index (χ2v) is 5.84. The summed E-state index contributed by atoms with van der Waals surface area (Å²) >= 11 is 0. The van der Waals surface area contributed by atoms with Gasteiger partial charge in [0.15, 0.2) is 0 Å². The van der Waals surface area contributed by atoms with E-state index in [2.05, 4.69) is 5.32 Å². The summed E-state index contributed by atoms with van der Waals surface area (Å²) in [5, 5.41) is 12.4. The summed E-state index contributed by atoms with van der Waals surface area (Å²) in [6.07, 6.45) is 1.83. The number of aromatic hydroxyl groups is 1. The molecule has 2 amide bonds. The molecule has 0 aliphatic heterocycles. The van der Waals surface area contributed by atoms with E-state index in [0.29, 0.717) is 11.3 Å². The van der Waals surface area contributed by atoms with E-state index in [1.54, 1.807) is 42.5 Å².